The molecule has 1 fully saturated rings. The summed E-state index contributed by atoms with van der Waals surface area (Å²) in [6, 6.07) is 0. The fourth-order valence-corrected chi connectivity index (χ4v) is 5.18. The molecule has 0 amide bonds. The smallest absolute Gasteiger partial charge is 0.307 e. The van der Waals surface area contributed by atoms with Gasteiger partial charge >= 0.3 is 5.97 Å². The van der Waals surface area contributed by atoms with Crippen LogP contribution in [0.3, 0.4) is 0 Å². The quantitative estimate of drug-likeness (QED) is 0.332. The van der Waals surface area contributed by atoms with E-state index in [1.807, 2.05) is 20.8 Å². The molecule has 0 bridgehead atoms. The molecule has 1 N–H and O–H groups in total. The Morgan fingerprint density at radius 1 is 1.26 bits per heavy atom. The Morgan fingerprint density at radius 2 is 1.97 bits per heavy atom. The molecule has 1 aromatic heterocycles. The molecule has 1 atom stereocenters. The van der Waals surface area contributed by atoms with Crippen molar-refractivity contribution in [3.05, 3.63) is 5.89 Å². The molecule has 1 aromatic rings. The molecule has 1 heterocycles. The van der Waals surface area contributed by atoms with Gasteiger partial charge in [-0.3, -0.25) is 4.79 Å². The SMILES string of the molecule is CC(C)(C)OC(=O)C[C@@H](CCCC1CCCCC1)c1nc(NS(=O)(=O)CCCCl)no1. The van der Waals surface area contributed by atoms with Crippen molar-refractivity contribution in [3.8, 4) is 0 Å². The summed E-state index contributed by atoms with van der Waals surface area (Å²) in [5.41, 5.74) is -0.582. The molecular formula is C21H36ClN3O5S. The van der Waals surface area contributed by atoms with E-state index in [-0.39, 0.29) is 41.8 Å². The number of ether oxygens (including phenoxy) is 1. The van der Waals surface area contributed by atoms with E-state index in [1.54, 1.807) is 0 Å². The van der Waals surface area contributed by atoms with Gasteiger partial charge in [-0.25, -0.2) is 13.1 Å². The number of carbonyl (C=O) groups excluding carboxylic acids is 1. The van der Waals surface area contributed by atoms with Gasteiger partial charge in [0.15, 0.2) is 0 Å². The van der Waals surface area contributed by atoms with E-state index in [4.69, 9.17) is 20.9 Å². The molecule has 1 aliphatic rings. The topological polar surface area (TPSA) is 111 Å². The Balaban J connectivity index is 2.02. The molecule has 1 saturated carbocycles. The molecule has 8 nitrogen and oxygen atoms in total. The number of aromatic nitrogens is 2. The number of esters is 1. The lowest BCUT2D eigenvalue weighted by Gasteiger charge is -2.23. The van der Waals surface area contributed by atoms with Gasteiger partial charge in [-0.1, -0.05) is 44.9 Å². The summed E-state index contributed by atoms with van der Waals surface area (Å²) in [5, 5.41) is 3.75. The lowest BCUT2D eigenvalue weighted by Crippen LogP contribution is -2.25. The standard InChI is InChI=1S/C21H36ClN3O5S/c1-21(2,3)29-18(26)15-17(12-7-11-16-9-5-4-6-10-16)19-23-20(24-30-19)25-31(27,28)14-8-13-22/h16-17H,4-15H2,1-3H3,(H,24,25)/t17-/m1/s1. The van der Waals surface area contributed by atoms with Crippen LogP contribution in [-0.2, 0) is 19.6 Å². The Kier molecular flexibility index (Phi) is 10.1. The van der Waals surface area contributed by atoms with Gasteiger partial charge in [0.1, 0.15) is 5.60 Å². The molecule has 0 aromatic carbocycles. The van der Waals surface area contributed by atoms with Gasteiger partial charge in [0, 0.05) is 11.8 Å². The van der Waals surface area contributed by atoms with Gasteiger partial charge in [0.2, 0.25) is 15.9 Å². The third-order valence-electron chi connectivity index (χ3n) is 5.31. The molecule has 31 heavy (non-hydrogen) atoms. The van der Waals surface area contributed by atoms with Gasteiger partial charge in [-0.2, -0.15) is 4.98 Å². The van der Waals surface area contributed by atoms with Crippen molar-refractivity contribution in [2.75, 3.05) is 16.4 Å². The van der Waals surface area contributed by atoms with Crippen molar-refractivity contribution >= 4 is 33.5 Å². The third kappa shape index (κ3) is 10.2. The van der Waals surface area contributed by atoms with Crippen LogP contribution in [-0.4, -0.2) is 41.8 Å². The largest absolute Gasteiger partial charge is 0.460 e. The van der Waals surface area contributed by atoms with Crippen molar-refractivity contribution < 1.29 is 22.5 Å². The number of nitrogens with zero attached hydrogens (tertiary/aromatic N) is 2. The highest BCUT2D eigenvalue weighted by Gasteiger charge is 2.27. The number of halogens is 1. The maximum Gasteiger partial charge on any atom is 0.307 e. The van der Waals surface area contributed by atoms with Crippen molar-refractivity contribution in [3.63, 3.8) is 0 Å². The molecule has 178 valence electrons. The molecule has 0 saturated heterocycles. The number of rotatable bonds is 12. The Bertz CT molecular complexity index is 785. The summed E-state index contributed by atoms with van der Waals surface area (Å²) >= 11 is 5.57. The van der Waals surface area contributed by atoms with Crippen LogP contribution in [0.25, 0.3) is 0 Å². The molecule has 0 radical (unpaired) electrons. The fourth-order valence-electron chi connectivity index (χ4n) is 3.90. The van der Waals surface area contributed by atoms with E-state index in [9.17, 15) is 13.2 Å². The first kappa shape index (κ1) is 25.9. The van der Waals surface area contributed by atoms with E-state index in [2.05, 4.69) is 14.9 Å². The predicted octanol–water partition coefficient (Wildman–Crippen LogP) is 5.01. The van der Waals surface area contributed by atoms with Crippen LogP contribution < -0.4 is 4.72 Å². The zero-order valence-corrected chi connectivity index (χ0v) is 20.4. The van der Waals surface area contributed by atoms with Crippen molar-refractivity contribution in [2.45, 2.75) is 96.5 Å². The summed E-state index contributed by atoms with van der Waals surface area (Å²) in [4.78, 5) is 16.6. The third-order valence-corrected chi connectivity index (χ3v) is 6.89. The highest BCUT2D eigenvalue weighted by atomic mass is 35.5. The Hall–Kier alpha value is -1.35. The van der Waals surface area contributed by atoms with Crippen LogP contribution in [0.15, 0.2) is 4.52 Å². The van der Waals surface area contributed by atoms with Crippen LogP contribution in [0.1, 0.15) is 96.8 Å². The van der Waals surface area contributed by atoms with Crippen LogP contribution in [0, 0.1) is 5.92 Å². The number of nitrogens with one attached hydrogen (secondary N) is 1. The van der Waals surface area contributed by atoms with Gasteiger partial charge in [-0.05, 0) is 44.7 Å². The number of alkyl halides is 1. The second-order valence-corrected chi connectivity index (χ2v) is 11.6. The first-order valence-corrected chi connectivity index (χ1v) is 13.4. The highest BCUT2D eigenvalue weighted by Crippen LogP contribution is 2.32. The Morgan fingerprint density at radius 3 is 2.61 bits per heavy atom. The minimum absolute atomic E-state index is 0.114. The predicted molar refractivity (Wildman–Crippen MR) is 121 cm³/mol. The van der Waals surface area contributed by atoms with E-state index < -0.39 is 15.6 Å². The van der Waals surface area contributed by atoms with Gasteiger partial charge < -0.3 is 9.26 Å². The van der Waals surface area contributed by atoms with Gasteiger partial charge in [0.25, 0.3) is 5.95 Å². The average molecular weight is 478 g/mol. The lowest BCUT2D eigenvalue weighted by atomic mass is 9.84. The van der Waals surface area contributed by atoms with Gasteiger partial charge in [-0.15, -0.1) is 11.6 Å². The molecule has 2 rings (SSSR count). The van der Waals surface area contributed by atoms with Crippen molar-refractivity contribution in [1.82, 2.24) is 10.1 Å². The van der Waals surface area contributed by atoms with Gasteiger partial charge in [0.05, 0.1) is 12.2 Å². The lowest BCUT2D eigenvalue weighted by molar-refractivity contribution is -0.155. The van der Waals surface area contributed by atoms with E-state index in [0.717, 1.165) is 18.8 Å². The van der Waals surface area contributed by atoms with E-state index >= 15 is 0 Å². The van der Waals surface area contributed by atoms with Crippen LogP contribution in [0.2, 0.25) is 0 Å². The molecule has 0 aliphatic heterocycles. The first-order chi connectivity index (χ1) is 14.6. The fraction of sp³-hybridized carbons (Fsp3) is 0.857. The van der Waals surface area contributed by atoms with Crippen LogP contribution >= 0.6 is 11.6 Å². The average Bonchev–Trinajstić information content (AvgIpc) is 3.12. The van der Waals surface area contributed by atoms with Crippen LogP contribution in [0.5, 0.6) is 0 Å². The van der Waals surface area contributed by atoms with E-state index in [0.29, 0.717) is 12.8 Å². The normalized spacial score (nSPS) is 16.8. The summed E-state index contributed by atoms with van der Waals surface area (Å²) < 4.78 is 37.2. The summed E-state index contributed by atoms with van der Waals surface area (Å²) in [7, 11) is -3.60. The highest BCUT2D eigenvalue weighted by molar-refractivity contribution is 7.92. The second kappa shape index (κ2) is 12.0. The molecule has 1 aliphatic carbocycles. The minimum Gasteiger partial charge on any atom is -0.460 e. The number of hydrogen-bond donors (Lipinski definition) is 1. The van der Waals surface area contributed by atoms with Crippen LogP contribution in [0.4, 0.5) is 5.95 Å². The molecular weight excluding hydrogens is 442 g/mol. The summed E-state index contributed by atoms with van der Waals surface area (Å²) in [6.07, 6.45) is 9.64. The number of carbonyl (C=O) groups is 1. The van der Waals surface area contributed by atoms with Crippen molar-refractivity contribution in [2.24, 2.45) is 5.92 Å². The minimum atomic E-state index is -3.60. The number of sulfonamides is 1. The first-order valence-electron chi connectivity index (χ1n) is 11.2. The maximum atomic E-state index is 12.4. The molecule has 0 unspecified atom stereocenters. The number of anilines is 1. The zero-order chi connectivity index (χ0) is 22.9. The van der Waals surface area contributed by atoms with E-state index in [1.165, 1.54) is 32.1 Å². The maximum absolute atomic E-state index is 12.4. The molecule has 10 heteroatoms. The monoisotopic (exact) mass is 477 g/mol. The second-order valence-electron chi connectivity index (χ2n) is 9.34. The number of hydrogen-bond acceptors (Lipinski definition) is 7. The summed E-state index contributed by atoms with van der Waals surface area (Å²) in [5.74, 6) is 0.351. The van der Waals surface area contributed by atoms with Crippen molar-refractivity contribution in [1.29, 1.82) is 0 Å². The zero-order valence-electron chi connectivity index (χ0n) is 18.9. The molecule has 0 spiro atoms. The Labute approximate surface area is 190 Å². The summed E-state index contributed by atoms with van der Waals surface area (Å²) in [6.45, 7) is 5.47.